The number of amides is 1. The number of hydrogen-bond acceptors (Lipinski definition) is 5. The highest BCUT2D eigenvalue weighted by molar-refractivity contribution is 5.94. The Bertz CT molecular complexity index is 628. The van der Waals surface area contributed by atoms with Gasteiger partial charge in [0, 0.05) is 45.3 Å². The van der Waals surface area contributed by atoms with Crippen LogP contribution in [0.2, 0.25) is 0 Å². The Morgan fingerprint density at radius 1 is 1.08 bits per heavy atom. The second-order valence-corrected chi connectivity index (χ2v) is 5.99. The number of hydrogen-bond donors (Lipinski definition) is 1. The Hall–Kier alpha value is -2.47. The molecule has 6 heteroatoms. The molecule has 0 spiro atoms. The van der Waals surface area contributed by atoms with Crippen molar-refractivity contribution in [1.82, 2.24) is 20.2 Å². The van der Waals surface area contributed by atoms with Crippen molar-refractivity contribution in [2.24, 2.45) is 0 Å². The van der Waals surface area contributed by atoms with Crippen LogP contribution in [0.3, 0.4) is 0 Å². The van der Waals surface area contributed by atoms with Crippen molar-refractivity contribution in [3.63, 3.8) is 0 Å². The second-order valence-electron chi connectivity index (χ2n) is 5.99. The summed E-state index contributed by atoms with van der Waals surface area (Å²) in [5, 5.41) is 2.89. The molecule has 0 atom stereocenters. The van der Waals surface area contributed by atoms with E-state index < -0.39 is 0 Å². The third kappa shape index (κ3) is 5.62. The van der Waals surface area contributed by atoms with Gasteiger partial charge >= 0.3 is 0 Å². The van der Waals surface area contributed by atoms with E-state index in [9.17, 15) is 4.79 Å². The number of rotatable bonds is 8. The zero-order chi connectivity index (χ0) is 17.4. The van der Waals surface area contributed by atoms with Gasteiger partial charge in [-0.05, 0) is 50.3 Å². The molecule has 2 aromatic rings. The maximum Gasteiger partial charge on any atom is 0.252 e. The number of likely N-dealkylation sites (N-methyl/N-ethyl adjacent to an activating group) is 2. The number of anilines is 1. The fraction of sp³-hybridized carbons (Fsp3) is 0.389. The number of carbonyl (C=O) groups is 1. The smallest absolute Gasteiger partial charge is 0.252 e. The molecule has 6 nitrogen and oxygen atoms in total. The highest BCUT2D eigenvalue weighted by Crippen LogP contribution is 2.10. The van der Waals surface area contributed by atoms with Crippen molar-refractivity contribution in [3.8, 4) is 0 Å². The molecule has 2 aromatic heterocycles. The lowest BCUT2D eigenvalue weighted by Gasteiger charge is -2.18. The molecule has 0 radical (unpaired) electrons. The van der Waals surface area contributed by atoms with E-state index in [0.717, 1.165) is 25.3 Å². The van der Waals surface area contributed by atoms with Crippen molar-refractivity contribution in [1.29, 1.82) is 0 Å². The van der Waals surface area contributed by atoms with Gasteiger partial charge in [0.1, 0.15) is 5.82 Å². The van der Waals surface area contributed by atoms with Crippen LogP contribution < -0.4 is 10.2 Å². The lowest BCUT2D eigenvalue weighted by atomic mass is 10.2. The molecule has 0 aliphatic heterocycles. The molecule has 24 heavy (non-hydrogen) atoms. The first-order valence-corrected chi connectivity index (χ1v) is 8.05. The van der Waals surface area contributed by atoms with Gasteiger partial charge in [-0.15, -0.1) is 0 Å². The average Bonchev–Trinajstić information content (AvgIpc) is 2.60. The van der Waals surface area contributed by atoms with Crippen molar-refractivity contribution in [2.45, 2.75) is 6.42 Å². The normalized spacial score (nSPS) is 10.7. The quantitative estimate of drug-likeness (QED) is 0.795. The van der Waals surface area contributed by atoms with E-state index >= 15 is 0 Å². The summed E-state index contributed by atoms with van der Waals surface area (Å²) >= 11 is 0. The van der Waals surface area contributed by atoms with E-state index in [4.69, 9.17) is 0 Å². The molecule has 128 valence electrons. The maximum absolute atomic E-state index is 12.0. The lowest BCUT2D eigenvalue weighted by molar-refractivity contribution is 0.0950. The largest absolute Gasteiger partial charge is 0.359 e. The minimum absolute atomic E-state index is 0.0876. The standard InChI is InChI=1S/C18H25N5O/c1-22(2)13-11-20-18(24)16-4-5-17(21-14-16)23(3)12-8-15-6-9-19-10-7-15/h4-7,9-10,14H,8,11-13H2,1-3H3,(H,20,24). The molecule has 0 aliphatic carbocycles. The summed E-state index contributed by atoms with van der Waals surface area (Å²) in [6.07, 6.45) is 6.16. The Morgan fingerprint density at radius 3 is 2.46 bits per heavy atom. The third-order valence-corrected chi connectivity index (χ3v) is 3.73. The fourth-order valence-electron chi connectivity index (χ4n) is 2.20. The summed E-state index contributed by atoms with van der Waals surface area (Å²) in [6, 6.07) is 7.73. The van der Waals surface area contributed by atoms with Gasteiger partial charge in [0.25, 0.3) is 5.91 Å². The van der Waals surface area contributed by atoms with Gasteiger partial charge < -0.3 is 15.1 Å². The Labute approximate surface area is 143 Å². The Balaban J connectivity index is 1.85. The van der Waals surface area contributed by atoms with Gasteiger partial charge in [0.15, 0.2) is 0 Å². The molecule has 1 N–H and O–H groups in total. The maximum atomic E-state index is 12.0. The summed E-state index contributed by atoms with van der Waals surface area (Å²) in [4.78, 5) is 24.6. The molecule has 0 aromatic carbocycles. The van der Waals surface area contributed by atoms with E-state index in [-0.39, 0.29) is 5.91 Å². The van der Waals surface area contributed by atoms with Crippen LogP contribution in [0.1, 0.15) is 15.9 Å². The first-order valence-electron chi connectivity index (χ1n) is 8.05. The number of nitrogens with zero attached hydrogens (tertiary/aromatic N) is 4. The summed E-state index contributed by atoms with van der Waals surface area (Å²) in [6.45, 7) is 2.29. The Kier molecular flexibility index (Phi) is 6.69. The van der Waals surface area contributed by atoms with Crippen LogP contribution in [0.25, 0.3) is 0 Å². The molecule has 0 saturated heterocycles. The molecule has 0 unspecified atom stereocenters. The van der Waals surface area contributed by atoms with Crippen LogP contribution in [0.4, 0.5) is 5.82 Å². The van der Waals surface area contributed by atoms with Gasteiger partial charge in [0.2, 0.25) is 0 Å². The predicted molar refractivity (Wildman–Crippen MR) is 96.3 cm³/mol. The zero-order valence-electron chi connectivity index (χ0n) is 14.6. The molecule has 0 aliphatic rings. The minimum atomic E-state index is -0.0876. The molecule has 2 rings (SSSR count). The van der Waals surface area contributed by atoms with Crippen LogP contribution in [0, 0.1) is 0 Å². The van der Waals surface area contributed by atoms with Crippen molar-refractivity contribution >= 4 is 11.7 Å². The predicted octanol–water partition coefficient (Wildman–Crippen LogP) is 1.45. The minimum Gasteiger partial charge on any atom is -0.359 e. The molecule has 0 bridgehead atoms. The number of nitrogens with one attached hydrogen (secondary N) is 1. The first kappa shape index (κ1) is 17.9. The van der Waals surface area contributed by atoms with Crippen molar-refractivity contribution in [2.75, 3.05) is 45.7 Å². The lowest BCUT2D eigenvalue weighted by Crippen LogP contribution is -2.31. The van der Waals surface area contributed by atoms with E-state index in [1.54, 1.807) is 18.6 Å². The van der Waals surface area contributed by atoms with Crippen molar-refractivity contribution < 1.29 is 4.79 Å². The molecule has 2 heterocycles. The van der Waals surface area contributed by atoms with Gasteiger partial charge in [-0.1, -0.05) is 0 Å². The van der Waals surface area contributed by atoms with Gasteiger partial charge in [0.05, 0.1) is 5.56 Å². The molecular weight excluding hydrogens is 302 g/mol. The van der Waals surface area contributed by atoms with E-state index in [0.29, 0.717) is 12.1 Å². The van der Waals surface area contributed by atoms with E-state index in [1.165, 1.54) is 5.56 Å². The highest BCUT2D eigenvalue weighted by atomic mass is 16.1. The Morgan fingerprint density at radius 2 is 1.83 bits per heavy atom. The van der Waals surface area contributed by atoms with Gasteiger partial charge in [-0.3, -0.25) is 9.78 Å². The summed E-state index contributed by atoms with van der Waals surface area (Å²) in [5.41, 5.74) is 1.83. The van der Waals surface area contributed by atoms with Crippen LogP contribution in [-0.4, -0.2) is 61.6 Å². The van der Waals surface area contributed by atoms with Crippen molar-refractivity contribution in [3.05, 3.63) is 54.0 Å². The monoisotopic (exact) mass is 327 g/mol. The first-order chi connectivity index (χ1) is 11.6. The van der Waals surface area contributed by atoms with E-state index in [2.05, 4.69) is 20.2 Å². The average molecular weight is 327 g/mol. The number of aromatic nitrogens is 2. The molecule has 1 amide bonds. The molecule has 0 saturated carbocycles. The van der Waals surface area contributed by atoms with Crippen LogP contribution in [0.15, 0.2) is 42.9 Å². The van der Waals surface area contributed by atoms with Crippen LogP contribution in [-0.2, 0) is 6.42 Å². The third-order valence-electron chi connectivity index (χ3n) is 3.73. The summed E-state index contributed by atoms with van der Waals surface area (Å²) in [7, 11) is 5.95. The summed E-state index contributed by atoms with van der Waals surface area (Å²) in [5.74, 6) is 0.768. The van der Waals surface area contributed by atoms with Gasteiger partial charge in [-0.25, -0.2) is 4.98 Å². The fourth-order valence-corrected chi connectivity index (χ4v) is 2.20. The SMILES string of the molecule is CN(C)CCNC(=O)c1ccc(N(C)CCc2ccncc2)nc1. The highest BCUT2D eigenvalue weighted by Gasteiger charge is 2.08. The second kappa shape index (κ2) is 8.98. The number of carbonyl (C=O) groups excluding carboxylic acids is 1. The molecular formula is C18H25N5O. The zero-order valence-corrected chi connectivity index (χ0v) is 14.6. The summed E-state index contributed by atoms with van der Waals surface area (Å²) < 4.78 is 0. The van der Waals surface area contributed by atoms with Gasteiger partial charge in [-0.2, -0.15) is 0 Å². The van der Waals surface area contributed by atoms with Crippen LogP contribution >= 0.6 is 0 Å². The topological polar surface area (TPSA) is 61.4 Å². The van der Waals surface area contributed by atoms with Crippen LogP contribution in [0.5, 0.6) is 0 Å². The van der Waals surface area contributed by atoms with E-state index in [1.807, 2.05) is 50.3 Å². The molecule has 0 fully saturated rings. The number of pyridine rings is 2.